The number of aromatic amines is 1. The summed E-state index contributed by atoms with van der Waals surface area (Å²) in [5.74, 6) is 0.339. The molecule has 1 aromatic carbocycles. The van der Waals surface area contributed by atoms with Crippen LogP contribution >= 0.6 is 0 Å². The molecule has 0 saturated carbocycles. The van der Waals surface area contributed by atoms with Crippen molar-refractivity contribution in [2.24, 2.45) is 0 Å². The summed E-state index contributed by atoms with van der Waals surface area (Å²) in [5, 5.41) is 1.04. The van der Waals surface area contributed by atoms with Gasteiger partial charge in [-0.2, -0.15) is 0 Å². The van der Waals surface area contributed by atoms with Crippen LogP contribution in [-0.2, 0) is 0 Å². The molecule has 1 N–H and O–H groups in total. The van der Waals surface area contributed by atoms with E-state index in [2.05, 4.69) is 18.8 Å². The second-order valence-electron chi connectivity index (χ2n) is 4.80. The van der Waals surface area contributed by atoms with E-state index in [1.165, 1.54) is 37.3 Å². The van der Waals surface area contributed by atoms with Crippen molar-refractivity contribution in [2.45, 2.75) is 45.4 Å². The van der Waals surface area contributed by atoms with Gasteiger partial charge in [-0.05, 0) is 24.0 Å². The lowest BCUT2D eigenvalue weighted by molar-refractivity contribution is 0.600. The van der Waals surface area contributed by atoms with Crippen LogP contribution in [0.2, 0.25) is 0 Å². The van der Waals surface area contributed by atoms with E-state index >= 15 is 0 Å². The molecule has 2 rings (SSSR count). The Morgan fingerprint density at radius 3 is 2.88 bits per heavy atom. The van der Waals surface area contributed by atoms with Crippen LogP contribution in [-0.4, -0.2) is 4.98 Å². The molecule has 92 valence electrons. The number of fused-ring (bicyclic) bond motifs is 1. The van der Waals surface area contributed by atoms with Crippen molar-refractivity contribution in [3.05, 3.63) is 35.8 Å². The third-order valence-electron chi connectivity index (χ3n) is 3.47. The Bertz CT molecular complexity index is 487. The van der Waals surface area contributed by atoms with Crippen molar-refractivity contribution in [3.8, 4) is 0 Å². The van der Waals surface area contributed by atoms with E-state index in [-0.39, 0.29) is 5.82 Å². The smallest absolute Gasteiger partial charge is 0.147 e. The van der Waals surface area contributed by atoms with Crippen molar-refractivity contribution >= 4 is 10.9 Å². The number of halogens is 1. The van der Waals surface area contributed by atoms with E-state index in [1.54, 1.807) is 6.07 Å². The second-order valence-corrected chi connectivity index (χ2v) is 4.80. The summed E-state index contributed by atoms with van der Waals surface area (Å²) in [6.45, 7) is 4.44. The minimum atomic E-state index is -0.158. The number of benzene rings is 1. The summed E-state index contributed by atoms with van der Waals surface area (Å²) in [7, 11) is 0. The normalized spacial score (nSPS) is 13.1. The summed E-state index contributed by atoms with van der Waals surface area (Å²) in [4.78, 5) is 3.05. The molecule has 1 aromatic heterocycles. The van der Waals surface area contributed by atoms with Gasteiger partial charge in [0.1, 0.15) is 5.82 Å². The van der Waals surface area contributed by atoms with Gasteiger partial charge >= 0.3 is 0 Å². The zero-order valence-corrected chi connectivity index (χ0v) is 10.6. The summed E-state index contributed by atoms with van der Waals surface area (Å²) >= 11 is 0. The lowest BCUT2D eigenvalue weighted by Gasteiger charge is -2.10. The van der Waals surface area contributed by atoms with Gasteiger partial charge in [-0.1, -0.05) is 45.2 Å². The van der Waals surface area contributed by atoms with E-state index in [1.807, 2.05) is 12.3 Å². The van der Waals surface area contributed by atoms with Gasteiger partial charge in [0.05, 0.1) is 5.52 Å². The van der Waals surface area contributed by atoms with Gasteiger partial charge in [0.15, 0.2) is 0 Å². The molecule has 1 atom stereocenters. The van der Waals surface area contributed by atoms with Gasteiger partial charge in [0, 0.05) is 11.6 Å². The lowest BCUT2D eigenvalue weighted by Crippen LogP contribution is -1.92. The number of rotatable bonds is 5. The molecule has 2 heteroatoms. The topological polar surface area (TPSA) is 15.8 Å². The molecule has 1 unspecified atom stereocenters. The summed E-state index contributed by atoms with van der Waals surface area (Å²) in [5.41, 5.74) is 1.89. The molecule has 0 fully saturated rings. The monoisotopic (exact) mass is 233 g/mol. The Morgan fingerprint density at radius 1 is 1.29 bits per heavy atom. The first-order valence-corrected chi connectivity index (χ1v) is 6.49. The van der Waals surface area contributed by atoms with Crippen molar-refractivity contribution in [1.29, 1.82) is 0 Å². The average molecular weight is 233 g/mol. The highest BCUT2D eigenvalue weighted by Crippen LogP contribution is 2.29. The molecule has 0 bridgehead atoms. The molecule has 0 saturated heterocycles. The maximum Gasteiger partial charge on any atom is 0.147 e. The third kappa shape index (κ3) is 2.51. The Kier molecular flexibility index (Phi) is 3.82. The zero-order chi connectivity index (χ0) is 12.3. The Morgan fingerprint density at radius 2 is 2.12 bits per heavy atom. The van der Waals surface area contributed by atoms with Crippen LogP contribution in [0, 0.1) is 5.82 Å². The average Bonchev–Trinajstić information content (AvgIpc) is 2.74. The van der Waals surface area contributed by atoms with E-state index in [0.717, 1.165) is 5.39 Å². The number of aromatic nitrogens is 1. The summed E-state index contributed by atoms with van der Waals surface area (Å²) in [6.07, 6.45) is 6.91. The fourth-order valence-electron chi connectivity index (χ4n) is 2.40. The fourth-order valence-corrected chi connectivity index (χ4v) is 2.40. The molecule has 0 radical (unpaired) electrons. The van der Waals surface area contributed by atoms with E-state index in [0.29, 0.717) is 11.4 Å². The quantitative estimate of drug-likeness (QED) is 0.700. The van der Waals surface area contributed by atoms with Gasteiger partial charge in [-0.15, -0.1) is 0 Å². The third-order valence-corrected chi connectivity index (χ3v) is 3.47. The van der Waals surface area contributed by atoms with Crippen LogP contribution in [0.5, 0.6) is 0 Å². The minimum Gasteiger partial charge on any atom is -0.359 e. The van der Waals surface area contributed by atoms with Gasteiger partial charge in [-0.25, -0.2) is 4.39 Å². The van der Waals surface area contributed by atoms with Crippen molar-refractivity contribution in [2.75, 3.05) is 0 Å². The summed E-state index contributed by atoms with van der Waals surface area (Å²) in [6, 6.07) is 5.29. The van der Waals surface area contributed by atoms with Crippen LogP contribution in [0.25, 0.3) is 10.9 Å². The molecule has 1 nitrogen and oxygen atoms in total. The van der Waals surface area contributed by atoms with Crippen molar-refractivity contribution < 1.29 is 4.39 Å². The number of hydrogen-bond acceptors (Lipinski definition) is 0. The molecule has 0 spiro atoms. The first-order valence-electron chi connectivity index (χ1n) is 6.49. The Labute approximate surface area is 102 Å². The van der Waals surface area contributed by atoms with Gasteiger partial charge in [0.25, 0.3) is 0 Å². The SMILES string of the molecule is CCCCCC(C)c1c[nH]c2c(F)cccc12. The highest BCUT2D eigenvalue weighted by Gasteiger charge is 2.12. The van der Waals surface area contributed by atoms with E-state index in [9.17, 15) is 4.39 Å². The number of H-pyrrole nitrogens is 1. The summed E-state index contributed by atoms with van der Waals surface area (Å²) < 4.78 is 13.5. The Hall–Kier alpha value is -1.31. The van der Waals surface area contributed by atoms with E-state index < -0.39 is 0 Å². The van der Waals surface area contributed by atoms with Crippen LogP contribution in [0.1, 0.15) is 51.0 Å². The van der Waals surface area contributed by atoms with Crippen molar-refractivity contribution in [3.63, 3.8) is 0 Å². The second kappa shape index (κ2) is 5.35. The fraction of sp³-hybridized carbons (Fsp3) is 0.467. The molecule has 2 aromatic rings. The molecule has 1 heterocycles. The molecule has 0 aliphatic heterocycles. The molecular formula is C15H20FN. The zero-order valence-electron chi connectivity index (χ0n) is 10.6. The first-order chi connectivity index (χ1) is 8.24. The predicted octanol–water partition coefficient (Wildman–Crippen LogP) is 4.99. The number of para-hydroxylation sites is 1. The van der Waals surface area contributed by atoms with Crippen molar-refractivity contribution in [1.82, 2.24) is 4.98 Å². The maximum absolute atomic E-state index is 13.5. The maximum atomic E-state index is 13.5. The number of nitrogens with one attached hydrogen (secondary N) is 1. The van der Waals surface area contributed by atoms with Gasteiger partial charge in [0.2, 0.25) is 0 Å². The molecule has 0 aliphatic rings. The molecule has 0 amide bonds. The molecular weight excluding hydrogens is 213 g/mol. The van der Waals surface area contributed by atoms with E-state index in [4.69, 9.17) is 0 Å². The standard InChI is InChI=1S/C15H20FN/c1-3-4-5-7-11(2)13-10-17-15-12(13)8-6-9-14(15)16/h6,8-11,17H,3-5,7H2,1-2H3. The van der Waals surface area contributed by atoms with Gasteiger partial charge in [-0.3, -0.25) is 0 Å². The molecule has 0 aliphatic carbocycles. The van der Waals surface area contributed by atoms with Crippen LogP contribution in [0.3, 0.4) is 0 Å². The largest absolute Gasteiger partial charge is 0.359 e. The number of hydrogen-bond donors (Lipinski definition) is 1. The Balaban J connectivity index is 2.21. The van der Waals surface area contributed by atoms with Gasteiger partial charge < -0.3 is 4.98 Å². The number of unbranched alkanes of at least 4 members (excludes halogenated alkanes) is 2. The highest BCUT2D eigenvalue weighted by atomic mass is 19.1. The van der Waals surface area contributed by atoms with Crippen LogP contribution in [0.15, 0.2) is 24.4 Å². The van der Waals surface area contributed by atoms with Crippen LogP contribution in [0.4, 0.5) is 4.39 Å². The lowest BCUT2D eigenvalue weighted by atomic mass is 9.95. The first kappa shape index (κ1) is 12.2. The van der Waals surface area contributed by atoms with Crippen LogP contribution < -0.4 is 0 Å². The predicted molar refractivity (Wildman–Crippen MR) is 70.8 cm³/mol. The molecule has 17 heavy (non-hydrogen) atoms. The minimum absolute atomic E-state index is 0.158. The highest BCUT2D eigenvalue weighted by molar-refractivity contribution is 5.84.